The molecule has 0 saturated carbocycles. The summed E-state index contributed by atoms with van der Waals surface area (Å²) in [5.74, 6) is 0.363. The second-order valence-corrected chi connectivity index (χ2v) is 8.43. The molecule has 138 valence electrons. The second-order valence-electron chi connectivity index (χ2n) is 6.62. The number of aryl methyl sites for hydroxylation is 1. The van der Waals surface area contributed by atoms with Crippen LogP contribution in [0.3, 0.4) is 0 Å². The van der Waals surface area contributed by atoms with Crippen LogP contribution < -0.4 is 5.32 Å². The Morgan fingerprint density at radius 1 is 1.12 bits per heavy atom. The molecule has 4 rings (SSSR count). The van der Waals surface area contributed by atoms with Gasteiger partial charge in [-0.1, -0.05) is 17.7 Å². The van der Waals surface area contributed by atoms with Gasteiger partial charge in [0.05, 0.1) is 10.4 Å². The van der Waals surface area contributed by atoms with Gasteiger partial charge in [-0.15, -0.1) is 12.4 Å². The summed E-state index contributed by atoms with van der Waals surface area (Å²) in [5.41, 5.74) is 2.82. The number of nitrogens with one attached hydrogen (secondary N) is 1. The number of hydrogen-bond acceptors (Lipinski definition) is 4. The van der Waals surface area contributed by atoms with E-state index in [0.29, 0.717) is 16.3 Å². The molecule has 5 nitrogen and oxygen atoms in total. The average molecular weight is 392 g/mol. The van der Waals surface area contributed by atoms with Crippen LogP contribution >= 0.6 is 12.4 Å². The average Bonchev–Trinajstić information content (AvgIpc) is 3.03. The molecule has 0 unspecified atom stereocenters. The number of fused-ring (bicyclic) bond motifs is 1. The number of pyridine rings is 1. The molecule has 3 aromatic rings. The van der Waals surface area contributed by atoms with Crippen molar-refractivity contribution in [1.82, 2.24) is 14.3 Å². The van der Waals surface area contributed by atoms with Gasteiger partial charge in [0.2, 0.25) is 0 Å². The lowest BCUT2D eigenvalue weighted by atomic mass is 9.90. The molecule has 1 N–H and O–H groups in total. The van der Waals surface area contributed by atoms with Crippen LogP contribution in [0.2, 0.25) is 0 Å². The summed E-state index contributed by atoms with van der Waals surface area (Å²) in [6.45, 7) is 3.87. The van der Waals surface area contributed by atoms with Gasteiger partial charge >= 0.3 is 0 Å². The van der Waals surface area contributed by atoms with Crippen LogP contribution in [0.5, 0.6) is 0 Å². The van der Waals surface area contributed by atoms with E-state index in [1.165, 1.54) is 3.97 Å². The Balaban J connectivity index is 0.00000196. The predicted octanol–water partition coefficient (Wildman–Crippen LogP) is 3.47. The highest BCUT2D eigenvalue weighted by Gasteiger charge is 2.25. The van der Waals surface area contributed by atoms with Crippen molar-refractivity contribution in [2.75, 3.05) is 13.1 Å². The normalized spacial score (nSPS) is 15.7. The molecular weight excluding hydrogens is 370 g/mol. The van der Waals surface area contributed by atoms with Gasteiger partial charge in [0.15, 0.2) is 0 Å². The third-order valence-corrected chi connectivity index (χ3v) is 6.65. The number of benzene rings is 1. The minimum Gasteiger partial charge on any atom is -0.317 e. The van der Waals surface area contributed by atoms with E-state index in [-0.39, 0.29) is 12.4 Å². The van der Waals surface area contributed by atoms with Gasteiger partial charge in [0.1, 0.15) is 0 Å². The first-order chi connectivity index (χ1) is 12.1. The van der Waals surface area contributed by atoms with Crippen molar-refractivity contribution < 1.29 is 8.42 Å². The summed E-state index contributed by atoms with van der Waals surface area (Å²) in [6, 6.07) is 8.77. The maximum Gasteiger partial charge on any atom is 0.268 e. The van der Waals surface area contributed by atoms with Crippen molar-refractivity contribution in [2.24, 2.45) is 0 Å². The van der Waals surface area contributed by atoms with Crippen LogP contribution in [0, 0.1) is 6.92 Å². The molecule has 2 aromatic heterocycles. The summed E-state index contributed by atoms with van der Waals surface area (Å²) in [6.07, 6.45) is 7.26. The third-order valence-electron chi connectivity index (χ3n) is 4.96. The van der Waals surface area contributed by atoms with E-state index in [1.54, 1.807) is 36.8 Å². The highest BCUT2D eigenvalue weighted by molar-refractivity contribution is 7.90. The highest BCUT2D eigenvalue weighted by atomic mass is 35.5. The van der Waals surface area contributed by atoms with Crippen molar-refractivity contribution in [3.05, 3.63) is 60.0 Å². The lowest BCUT2D eigenvalue weighted by Gasteiger charge is -2.22. The van der Waals surface area contributed by atoms with Crippen LogP contribution in [0.4, 0.5) is 0 Å². The molecule has 0 bridgehead atoms. The van der Waals surface area contributed by atoms with E-state index in [4.69, 9.17) is 0 Å². The molecule has 0 amide bonds. The molecule has 1 aromatic carbocycles. The van der Waals surface area contributed by atoms with Gasteiger partial charge in [-0.3, -0.25) is 4.98 Å². The van der Waals surface area contributed by atoms with Gasteiger partial charge in [0.25, 0.3) is 10.0 Å². The zero-order valence-electron chi connectivity index (χ0n) is 14.6. The van der Waals surface area contributed by atoms with Crippen molar-refractivity contribution in [3.63, 3.8) is 0 Å². The SMILES string of the molecule is Cc1ccc(S(=O)(=O)n2cc(C3CCNCC3)c3cnccc32)cc1.Cl. The monoisotopic (exact) mass is 391 g/mol. The van der Waals surface area contributed by atoms with E-state index in [2.05, 4.69) is 10.3 Å². The smallest absolute Gasteiger partial charge is 0.268 e. The summed E-state index contributed by atoms with van der Waals surface area (Å²) >= 11 is 0. The first-order valence-electron chi connectivity index (χ1n) is 8.55. The van der Waals surface area contributed by atoms with Crippen LogP contribution in [0.1, 0.15) is 29.9 Å². The van der Waals surface area contributed by atoms with Crippen LogP contribution in [0.25, 0.3) is 10.9 Å². The number of nitrogens with zero attached hydrogens (tertiary/aromatic N) is 2. The van der Waals surface area contributed by atoms with Crippen LogP contribution in [-0.4, -0.2) is 30.5 Å². The maximum atomic E-state index is 13.2. The van der Waals surface area contributed by atoms with Gasteiger partial charge in [-0.25, -0.2) is 12.4 Å². The molecule has 0 radical (unpaired) electrons. The highest BCUT2D eigenvalue weighted by Crippen LogP contribution is 2.34. The number of halogens is 1. The fraction of sp³-hybridized carbons (Fsp3) is 0.316. The Kier molecular flexibility index (Phi) is 5.37. The third kappa shape index (κ3) is 3.24. The molecule has 1 aliphatic heterocycles. The fourth-order valence-electron chi connectivity index (χ4n) is 3.55. The van der Waals surface area contributed by atoms with Crippen molar-refractivity contribution >= 4 is 33.3 Å². The summed E-state index contributed by atoms with van der Waals surface area (Å²) in [7, 11) is -3.63. The largest absolute Gasteiger partial charge is 0.317 e. The Bertz CT molecular complexity index is 1010. The van der Waals surface area contributed by atoms with Gasteiger partial charge in [0, 0.05) is 24.0 Å². The topological polar surface area (TPSA) is 64.0 Å². The molecule has 0 aliphatic carbocycles. The maximum absolute atomic E-state index is 13.2. The molecule has 0 spiro atoms. The molecular formula is C19H22ClN3O2S. The molecule has 1 aliphatic rings. The fourth-order valence-corrected chi connectivity index (χ4v) is 4.93. The standard InChI is InChI=1S/C19H21N3O2S.ClH/c1-14-2-4-16(5-3-14)25(23,24)22-13-18(15-6-9-20-10-7-15)17-12-21-11-8-19(17)22;/h2-5,8,11-13,15,20H,6-7,9-10H2,1H3;1H. The quantitative estimate of drug-likeness (QED) is 0.742. The Morgan fingerprint density at radius 3 is 2.50 bits per heavy atom. The number of hydrogen-bond donors (Lipinski definition) is 1. The Morgan fingerprint density at radius 2 is 1.81 bits per heavy atom. The van der Waals surface area contributed by atoms with Crippen molar-refractivity contribution in [2.45, 2.75) is 30.6 Å². The first kappa shape index (κ1) is 18.9. The Hall–Kier alpha value is -1.89. The summed E-state index contributed by atoms with van der Waals surface area (Å²) in [5, 5.41) is 4.30. The Labute approximate surface area is 159 Å². The van der Waals surface area contributed by atoms with Gasteiger partial charge < -0.3 is 5.32 Å². The lowest BCUT2D eigenvalue weighted by Crippen LogP contribution is -2.26. The van der Waals surface area contributed by atoms with E-state index in [0.717, 1.165) is 42.4 Å². The summed E-state index contributed by atoms with van der Waals surface area (Å²) < 4.78 is 27.8. The zero-order chi connectivity index (χ0) is 17.4. The van der Waals surface area contributed by atoms with E-state index in [1.807, 2.05) is 19.1 Å². The number of piperidine rings is 1. The van der Waals surface area contributed by atoms with E-state index < -0.39 is 10.0 Å². The van der Waals surface area contributed by atoms with Crippen LogP contribution in [0.15, 0.2) is 53.8 Å². The molecule has 7 heteroatoms. The second kappa shape index (κ2) is 7.39. The lowest BCUT2D eigenvalue weighted by molar-refractivity contribution is 0.462. The molecule has 3 heterocycles. The molecule has 1 fully saturated rings. The molecule has 1 saturated heterocycles. The number of rotatable bonds is 3. The van der Waals surface area contributed by atoms with E-state index in [9.17, 15) is 8.42 Å². The van der Waals surface area contributed by atoms with Crippen molar-refractivity contribution in [1.29, 1.82) is 0 Å². The first-order valence-corrected chi connectivity index (χ1v) is 9.99. The minimum absolute atomic E-state index is 0. The molecule has 0 atom stereocenters. The predicted molar refractivity (Wildman–Crippen MR) is 106 cm³/mol. The van der Waals surface area contributed by atoms with Crippen molar-refractivity contribution in [3.8, 4) is 0 Å². The zero-order valence-corrected chi connectivity index (χ0v) is 16.2. The van der Waals surface area contributed by atoms with E-state index >= 15 is 0 Å². The minimum atomic E-state index is -3.63. The van der Waals surface area contributed by atoms with Crippen LogP contribution in [-0.2, 0) is 10.0 Å². The van der Waals surface area contributed by atoms with Gasteiger partial charge in [-0.2, -0.15) is 0 Å². The molecule has 26 heavy (non-hydrogen) atoms. The number of aromatic nitrogens is 2. The van der Waals surface area contributed by atoms with Gasteiger partial charge in [-0.05, 0) is 62.5 Å². The summed E-state index contributed by atoms with van der Waals surface area (Å²) in [4.78, 5) is 4.53.